The zero-order valence-electron chi connectivity index (χ0n) is 8.97. The van der Waals surface area contributed by atoms with Crippen molar-refractivity contribution in [3.8, 4) is 0 Å². The summed E-state index contributed by atoms with van der Waals surface area (Å²) in [7, 11) is 2.02. The van der Waals surface area contributed by atoms with Crippen LogP contribution in [0, 0.1) is 0 Å². The molecular formula is C11H17BrNP. The smallest absolute Gasteiger partial charge is 0.0426 e. The summed E-state index contributed by atoms with van der Waals surface area (Å²) in [6, 6.07) is 6.54. The molecule has 3 heteroatoms. The van der Waals surface area contributed by atoms with Crippen molar-refractivity contribution in [3.63, 3.8) is 0 Å². The third-order valence-electron chi connectivity index (χ3n) is 2.33. The Kier molecular flexibility index (Phi) is 4.91. The predicted octanol–water partition coefficient (Wildman–Crippen LogP) is 3.64. The number of anilines is 1. The molecule has 1 aromatic rings. The minimum atomic E-state index is 0.0263. The van der Waals surface area contributed by atoms with Crippen LogP contribution in [0.15, 0.2) is 22.7 Å². The van der Waals surface area contributed by atoms with Crippen molar-refractivity contribution in [2.75, 3.05) is 24.7 Å². The first-order valence-electron chi connectivity index (χ1n) is 4.95. The average molecular weight is 274 g/mol. The summed E-state index contributed by atoms with van der Waals surface area (Å²) in [6.45, 7) is 4.55. The minimum absolute atomic E-state index is 0.0263. The highest BCUT2D eigenvalue weighted by Crippen LogP contribution is 2.36. The van der Waals surface area contributed by atoms with Crippen LogP contribution in [-0.4, -0.2) is 19.4 Å². The van der Waals surface area contributed by atoms with Gasteiger partial charge < -0.3 is 5.32 Å². The van der Waals surface area contributed by atoms with Crippen LogP contribution in [0.4, 0.5) is 5.69 Å². The first-order chi connectivity index (χ1) is 6.72. The second-order valence-electron chi connectivity index (χ2n) is 3.08. The summed E-state index contributed by atoms with van der Waals surface area (Å²) >= 11 is 3.50. The van der Waals surface area contributed by atoms with Gasteiger partial charge in [0.15, 0.2) is 0 Å². The number of halogens is 1. The fourth-order valence-corrected chi connectivity index (χ4v) is 3.84. The van der Waals surface area contributed by atoms with Crippen molar-refractivity contribution >= 4 is 34.8 Å². The molecule has 1 N–H and O–H groups in total. The van der Waals surface area contributed by atoms with Gasteiger partial charge in [0.1, 0.15) is 0 Å². The van der Waals surface area contributed by atoms with E-state index in [2.05, 4.69) is 53.3 Å². The molecule has 0 atom stereocenters. The van der Waals surface area contributed by atoms with Crippen LogP contribution in [0.25, 0.3) is 0 Å². The van der Waals surface area contributed by atoms with Gasteiger partial charge in [-0.15, -0.1) is 0 Å². The second-order valence-corrected chi connectivity index (χ2v) is 6.83. The monoisotopic (exact) mass is 273 g/mol. The third-order valence-corrected chi connectivity index (χ3v) is 5.42. The van der Waals surface area contributed by atoms with Crippen molar-refractivity contribution in [1.82, 2.24) is 0 Å². The van der Waals surface area contributed by atoms with E-state index in [4.69, 9.17) is 0 Å². The van der Waals surface area contributed by atoms with E-state index < -0.39 is 0 Å². The van der Waals surface area contributed by atoms with Gasteiger partial charge in [-0.05, 0) is 29.8 Å². The molecule has 0 amide bonds. The highest BCUT2D eigenvalue weighted by atomic mass is 79.9. The SMILES string of the molecule is CCP(CC)c1ccc(Br)cc1NC. The van der Waals surface area contributed by atoms with Crippen LogP contribution >= 0.6 is 23.9 Å². The van der Waals surface area contributed by atoms with E-state index in [1.165, 1.54) is 23.3 Å². The largest absolute Gasteiger partial charge is 0.388 e. The third kappa shape index (κ3) is 2.71. The van der Waals surface area contributed by atoms with Gasteiger partial charge in [-0.25, -0.2) is 0 Å². The molecule has 0 aliphatic heterocycles. The number of hydrogen-bond donors (Lipinski definition) is 1. The molecule has 0 spiro atoms. The number of benzene rings is 1. The van der Waals surface area contributed by atoms with Crippen LogP contribution in [0.3, 0.4) is 0 Å². The van der Waals surface area contributed by atoms with Gasteiger partial charge >= 0.3 is 0 Å². The first kappa shape index (κ1) is 12.0. The van der Waals surface area contributed by atoms with Crippen molar-refractivity contribution in [3.05, 3.63) is 22.7 Å². The summed E-state index contributed by atoms with van der Waals surface area (Å²) in [5, 5.41) is 4.77. The molecule has 0 heterocycles. The molecule has 0 fully saturated rings. The Hall–Kier alpha value is -0.0700. The minimum Gasteiger partial charge on any atom is -0.388 e. The lowest BCUT2D eigenvalue weighted by atomic mass is 10.3. The molecule has 1 nitrogen and oxygen atoms in total. The summed E-state index contributed by atoms with van der Waals surface area (Å²) in [4.78, 5) is 0. The van der Waals surface area contributed by atoms with Gasteiger partial charge in [-0.1, -0.05) is 43.8 Å². The van der Waals surface area contributed by atoms with Crippen molar-refractivity contribution < 1.29 is 0 Å². The van der Waals surface area contributed by atoms with Crippen LogP contribution < -0.4 is 10.6 Å². The Balaban J connectivity index is 3.06. The van der Waals surface area contributed by atoms with Crippen LogP contribution in [0.2, 0.25) is 0 Å². The lowest BCUT2D eigenvalue weighted by Crippen LogP contribution is -2.10. The Morgan fingerprint density at radius 1 is 1.29 bits per heavy atom. The molecule has 0 aromatic heterocycles. The Morgan fingerprint density at radius 2 is 1.93 bits per heavy atom. The number of nitrogens with one attached hydrogen (secondary N) is 1. The topological polar surface area (TPSA) is 12.0 Å². The molecule has 14 heavy (non-hydrogen) atoms. The summed E-state index contributed by atoms with van der Waals surface area (Å²) in [5.74, 6) is 0. The van der Waals surface area contributed by atoms with E-state index in [1.54, 1.807) is 0 Å². The van der Waals surface area contributed by atoms with Gasteiger partial charge in [0.05, 0.1) is 0 Å². The van der Waals surface area contributed by atoms with Crippen molar-refractivity contribution in [1.29, 1.82) is 0 Å². The van der Waals surface area contributed by atoms with E-state index in [1.807, 2.05) is 7.05 Å². The van der Waals surface area contributed by atoms with E-state index in [0.29, 0.717) is 0 Å². The molecule has 0 unspecified atom stereocenters. The van der Waals surface area contributed by atoms with Crippen molar-refractivity contribution in [2.45, 2.75) is 13.8 Å². The molecule has 0 radical (unpaired) electrons. The Bertz CT molecular complexity index is 297. The fourth-order valence-electron chi connectivity index (χ4n) is 1.55. The molecule has 78 valence electrons. The summed E-state index contributed by atoms with van der Waals surface area (Å²) in [5.41, 5.74) is 1.27. The molecule has 0 saturated carbocycles. The maximum Gasteiger partial charge on any atom is 0.0426 e. The van der Waals surface area contributed by atoms with E-state index in [-0.39, 0.29) is 7.92 Å². The molecule has 0 aliphatic carbocycles. The lowest BCUT2D eigenvalue weighted by Gasteiger charge is -2.18. The molecule has 0 bridgehead atoms. The summed E-state index contributed by atoms with van der Waals surface area (Å²) < 4.78 is 1.15. The lowest BCUT2D eigenvalue weighted by molar-refractivity contribution is 1.42. The van der Waals surface area contributed by atoms with Gasteiger partial charge in [-0.3, -0.25) is 0 Å². The maximum atomic E-state index is 3.50. The molecule has 1 aromatic carbocycles. The standard InChI is InChI=1S/C11H17BrNP/c1-4-14(5-2)11-7-6-9(12)8-10(11)13-3/h6-8,13H,4-5H2,1-3H3. The van der Waals surface area contributed by atoms with Gasteiger partial charge in [0.2, 0.25) is 0 Å². The molecule has 0 aliphatic rings. The average Bonchev–Trinajstić information content (AvgIpc) is 2.21. The zero-order chi connectivity index (χ0) is 10.6. The van der Waals surface area contributed by atoms with Gasteiger partial charge in [-0.2, -0.15) is 0 Å². The fraction of sp³-hybridized carbons (Fsp3) is 0.455. The van der Waals surface area contributed by atoms with E-state index in [0.717, 1.165) is 4.47 Å². The maximum absolute atomic E-state index is 3.50. The van der Waals surface area contributed by atoms with Crippen molar-refractivity contribution in [2.24, 2.45) is 0 Å². The van der Waals surface area contributed by atoms with Gasteiger partial charge in [0.25, 0.3) is 0 Å². The predicted molar refractivity (Wildman–Crippen MR) is 71.3 cm³/mol. The number of hydrogen-bond acceptors (Lipinski definition) is 1. The normalized spacial score (nSPS) is 10.6. The van der Waals surface area contributed by atoms with Crippen LogP contribution in [-0.2, 0) is 0 Å². The number of rotatable bonds is 4. The highest BCUT2D eigenvalue weighted by molar-refractivity contribution is 9.10. The molecule has 0 saturated heterocycles. The summed E-state index contributed by atoms with van der Waals surface area (Å²) in [6.07, 6.45) is 2.53. The first-order valence-corrected chi connectivity index (χ1v) is 7.45. The van der Waals surface area contributed by atoms with E-state index in [9.17, 15) is 0 Å². The molecule has 1 rings (SSSR count). The van der Waals surface area contributed by atoms with E-state index >= 15 is 0 Å². The van der Waals surface area contributed by atoms with Gasteiger partial charge in [0, 0.05) is 17.2 Å². The molecular weight excluding hydrogens is 257 g/mol. The Morgan fingerprint density at radius 3 is 2.43 bits per heavy atom. The Labute approximate surface area is 96.2 Å². The second kappa shape index (κ2) is 5.72. The van der Waals surface area contributed by atoms with Crippen LogP contribution in [0.5, 0.6) is 0 Å². The quantitative estimate of drug-likeness (QED) is 0.826. The highest BCUT2D eigenvalue weighted by Gasteiger charge is 2.10. The van der Waals surface area contributed by atoms with Crippen LogP contribution in [0.1, 0.15) is 13.8 Å². The zero-order valence-corrected chi connectivity index (χ0v) is 11.5.